The van der Waals surface area contributed by atoms with Crippen molar-refractivity contribution in [2.75, 3.05) is 6.61 Å². The summed E-state index contributed by atoms with van der Waals surface area (Å²) in [7, 11) is -2.82. The molecule has 0 aliphatic heterocycles. The highest BCUT2D eigenvalue weighted by atomic mass is 32.1. The van der Waals surface area contributed by atoms with Gasteiger partial charge >= 0.3 is 8.56 Å². The van der Waals surface area contributed by atoms with Gasteiger partial charge in [0.05, 0.1) is 33.2 Å². The molecule has 0 radical (unpaired) electrons. The highest BCUT2D eigenvalue weighted by Gasteiger charge is 2.34. The van der Waals surface area contributed by atoms with Crippen LogP contribution in [0.15, 0.2) is 38.2 Å². The summed E-state index contributed by atoms with van der Waals surface area (Å²) in [4.78, 5) is 0. The Morgan fingerprint density at radius 2 is 1.54 bits per heavy atom. The van der Waals surface area contributed by atoms with E-state index in [-0.39, 0.29) is 6.10 Å². The van der Waals surface area contributed by atoms with Gasteiger partial charge in [-0.25, -0.2) is 14.0 Å². The van der Waals surface area contributed by atoms with Crippen molar-refractivity contribution in [1.29, 1.82) is 5.26 Å². The summed E-state index contributed by atoms with van der Waals surface area (Å²) in [5.74, 6) is 0.540. The molecule has 0 unspecified atom stereocenters. The lowest BCUT2D eigenvalue weighted by Gasteiger charge is -2.29. The maximum Gasteiger partial charge on any atom is 0.461 e. The van der Waals surface area contributed by atoms with Gasteiger partial charge in [0.1, 0.15) is 0 Å². The molecule has 0 aromatic heterocycles. The van der Waals surface area contributed by atoms with E-state index >= 15 is 0 Å². The number of ether oxygens (including phenoxy) is 1. The van der Waals surface area contributed by atoms with Crippen LogP contribution in [-0.4, -0.2) is 36.8 Å². The van der Waals surface area contributed by atoms with E-state index in [9.17, 15) is 0 Å². The zero-order valence-electron chi connectivity index (χ0n) is 15.3. The van der Waals surface area contributed by atoms with E-state index < -0.39 is 8.56 Å². The Bertz CT molecular complexity index is 797. The Morgan fingerprint density at radius 1 is 0.964 bits per heavy atom. The second-order valence-electron chi connectivity index (χ2n) is 6.57. The maximum absolute atomic E-state index is 8.91. The molecule has 2 rings (SSSR count). The highest BCUT2D eigenvalue weighted by molar-refractivity contribution is 7.78. The fourth-order valence-electron chi connectivity index (χ4n) is 3.41. The summed E-state index contributed by atoms with van der Waals surface area (Å²) < 4.78 is 18.4. The zero-order chi connectivity index (χ0) is 20.2. The van der Waals surface area contributed by atoms with Crippen LogP contribution >= 0.6 is 36.7 Å². The van der Waals surface area contributed by atoms with Gasteiger partial charge in [-0.05, 0) is 92.4 Å². The van der Waals surface area contributed by atoms with Crippen molar-refractivity contribution in [2.24, 2.45) is 14.0 Å². The van der Waals surface area contributed by atoms with Crippen LogP contribution in [0.4, 0.5) is 0 Å². The summed E-state index contributed by atoms with van der Waals surface area (Å²) >= 11 is 14.1. The number of thiocarbonyl (C=S) groups is 3. The number of nitrogens with zero attached hydrogens (tertiary/aromatic N) is 4. The van der Waals surface area contributed by atoms with Gasteiger partial charge in [0.2, 0.25) is 0 Å². The maximum atomic E-state index is 8.91. The Labute approximate surface area is 182 Å². The molecule has 1 saturated carbocycles. The summed E-state index contributed by atoms with van der Waals surface area (Å²) in [5.41, 5.74) is 2.01. The van der Waals surface area contributed by atoms with E-state index in [2.05, 4.69) is 47.7 Å². The summed E-state index contributed by atoms with van der Waals surface area (Å²) in [6.45, 7) is 0.605. The monoisotopic (exact) mass is 444 g/mol. The molecule has 1 aliphatic rings. The van der Waals surface area contributed by atoms with Crippen LogP contribution in [-0.2, 0) is 4.74 Å². The molecule has 1 fully saturated rings. The number of benzene rings is 1. The lowest BCUT2D eigenvalue weighted by Crippen LogP contribution is -2.28. The van der Waals surface area contributed by atoms with E-state index in [4.69, 9.17) is 46.7 Å². The highest BCUT2D eigenvalue weighted by Crippen LogP contribution is 2.34. The lowest BCUT2D eigenvalue weighted by molar-refractivity contribution is 0.0250. The lowest BCUT2D eigenvalue weighted by atomic mass is 9.82. The molecule has 1 aromatic rings. The second kappa shape index (κ2) is 12.0. The minimum Gasteiger partial charge on any atom is -0.378 e. The smallest absolute Gasteiger partial charge is 0.378 e. The summed E-state index contributed by atoms with van der Waals surface area (Å²) in [6, 6.07) is 10.7. The van der Waals surface area contributed by atoms with E-state index in [1.54, 1.807) is 0 Å². The first-order chi connectivity index (χ1) is 13.7. The topological polar surface area (TPSA) is 70.1 Å². The largest absolute Gasteiger partial charge is 0.461 e. The van der Waals surface area contributed by atoms with Crippen LogP contribution in [0.5, 0.6) is 0 Å². The van der Waals surface area contributed by atoms with Crippen LogP contribution in [0.2, 0.25) is 6.04 Å². The molecule has 0 heterocycles. The summed E-state index contributed by atoms with van der Waals surface area (Å²) in [6.07, 6.45) is 5.25. The Morgan fingerprint density at radius 3 is 2.04 bits per heavy atom. The second-order valence-corrected chi connectivity index (χ2v) is 9.83. The molecule has 1 aliphatic carbocycles. The van der Waals surface area contributed by atoms with Gasteiger partial charge in [-0.15, -0.1) is 0 Å². The van der Waals surface area contributed by atoms with Crippen LogP contribution in [0.1, 0.15) is 49.1 Å². The van der Waals surface area contributed by atoms with Crippen LogP contribution in [0.3, 0.4) is 0 Å². The van der Waals surface area contributed by atoms with Crippen molar-refractivity contribution in [3.8, 4) is 6.07 Å². The first-order valence-electron chi connectivity index (χ1n) is 9.05. The molecule has 0 spiro atoms. The van der Waals surface area contributed by atoms with Crippen molar-refractivity contribution in [3.63, 3.8) is 0 Å². The summed E-state index contributed by atoms with van der Waals surface area (Å²) in [5, 5.41) is 16.0. The number of hydrogen-bond acceptors (Lipinski definition) is 8. The van der Waals surface area contributed by atoms with Gasteiger partial charge in [0, 0.05) is 12.7 Å². The molecule has 9 heteroatoms. The van der Waals surface area contributed by atoms with Gasteiger partial charge < -0.3 is 4.74 Å². The third-order valence-electron chi connectivity index (χ3n) is 4.87. The van der Waals surface area contributed by atoms with Crippen molar-refractivity contribution in [1.82, 2.24) is 0 Å². The van der Waals surface area contributed by atoms with Gasteiger partial charge in [-0.2, -0.15) is 5.26 Å². The molecule has 28 heavy (non-hydrogen) atoms. The molecule has 0 amide bonds. The Balaban J connectivity index is 1.79. The number of rotatable bonds is 9. The average molecular weight is 445 g/mol. The minimum atomic E-state index is -2.82. The van der Waals surface area contributed by atoms with E-state index in [0.29, 0.717) is 24.1 Å². The SMILES string of the molecule is N#Cc1ccc(C2CCC(OCCC[Si](N=C=S)(N=C=S)N=C=S)CC2)cc1. The number of isothiocyanates is 3. The van der Waals surface area contributed by atoms with Crippen molar-refractivity contribution in [3.05, 3.63) is 35.4 Å². The van der Waals surface area contributed by atoms with Crippen LogP contribution < -0.4 is 0 Å². The molecular weight excluding hydrogens is 425 g/mol. The van der Waals surface area contributed by atoms with E-state index in [1.807, 2.05) is 12.1 Å². The van der Waals surface area contributed by atoms with Crippen molar-refractivity contribution >= 4 is 60.7 Å². The average Bonchev–Trinajstić information content (AvgIpc) is 2.72. The van der Waals surface area contributed by atoms with Crippen LogP contribution in [0, 0.1) is 11.3 Å². The number of hydrogen-bond donors (Lipinski definition) is 0. The first-order valence-corrected chi connectivity index (χ1v) is 12.3. The third-order valence-corrected chi connectivity index (χ3v) is 8.06. The van der Waals surface area contributed by atoms with Crippen molar-refractivity contribution in [2.45, 2.75) is 50.2 Å². The molecule has 5 nitrogen and oxygen atoms in total. The fraction of sp³-hybridized carbons (Fsp3) is 0.474. The normalized spacial score (nSPS) is 20.4. The van der Waals surface area contributed by atoms with Crippen molar-refractivity contribution < 1.29 is 4.74 Å². The van der Waals surface area contributed by atoms with Gasteiger partial charge in [-0.3, -0.25) is 0 Å². The molecule has 0 bridgehead atoms. The van der Waals surface area contributed by atoms with E-state index in [0.717, 1.165) is 32.1 Å². The van der Waals surface area contributed by atoms with Gasteiger partial charge in [-0.1, -0.05) is 12.1 Å². The van der Waals surface area contributed by atoms with Gasteiger partial charge in [0.15, 0.2) is 0 Å². The van der Waals surface area contributed by atoms with Crippen LogP contribution in [0.25, 0.3) is 0 Å². The standard InChI is InChI=1S/C19H20N4OS3Si/c20-12-16-2-4-17(5-3-16)18-6-8-19(9-7-18)24-10-1-11-28(21-13-25,22-14-26)23-15-27/h2-5,18-19H,1,6-11H2. The molecule has 1 aromatic carbocycles. The molecule has 0 saturated heterocycles. The quantitative estimate of drug-likeness (QED) is 0.225. The Kier molecular flexibility index (Phi) is 9.66. The molecular formula is C19H20N4OS3Si. The predicted molar refractivity (Wildman–Crippen MR) is 122 cm³/mol. The number of nitriles is 1. The predicted octanol–water partition coefficient (Wildman–Crippen LogP) is 5.24. The fourth-order valence-corrected chi connectivity index (χ4v) is 6.27. The zero-order valence-corrected chi connectivity index (χ0v) is 18.8. The Hall–Kier alpha value is -1.71. The molecule has 144 valence electrons. The minimum absolute atomic E-state index is 0.266. The van der Waals surface area contributed by atoms with E-state index in [1.165, 1.54) is 5.56 Å². The van der Waals surface area contributed by atoms with Gasteiger partial charge in [0.25, 0.3) is 0 Å². The molecule has 0 atom stereocenters. The molecule has 0 N–H and O–H groups in total. The third kappa shape index (κ3) is 6.71. The first kappa shape index (κ1) is 22.6.